The number of carbonyl (C=O) groups excluding carboxylic acids is 1. The highest BCUT2D eigenvalue weighted by molar-refractivity contribution is 6.30. The van der Waals surface area contributed by atoms with Crippen LogP contribution in [0.4, 0.5) is 0 Å². The lowest BCUT2D eigenvalue weighted by atomic mass is 9.73. The number of carbonyl (C=O) groups is 1. The molecule has 1 fully saturated rings. The van der Waals surface area contributed by atoms with E-state index in [9.17, 15) is 9.90 Å². The Balaban J connectivity index is 2.12. The Morgan fingerprint density at radius 2 is 2.16 bits per heavy atom. The van der Waals surface area contributed by atoms with Crippen molar-refractivity contribution < 1.29 is 9.90 Å². The van der Waals surface area contributed by atoms with Crippen molar-refractivity contribution in [2.75, 3.05) is 0 Å². The van der Waals surface area contributed by atoms with Gasteiger partial charge in [-0.05, 0) is 36.5 Å². The molecule has 4 heteroatoms. The summed E-state index contributed by atoms with van der Waals surface area (Å²) in [6.45, 7) is 4.36. The van der Waals surface area contributed by atoms with Crippen molar-refractivity contribution >= 4 is 17.5 Å². The number of benzene rings is 1. The number of halogens is 1. The number of phenols is 1. The Bertz CT molecular complexity index is 485. The molecule has 0 bridgehead atoms. The van der Waals surface area contributed by atoms with E-state index in [4.69, 9.17) is 11.6 Å². The summed E-state index contributed by atoms with van der Waals surface area (Å²) in [5.74, 6) is -0.298. The van der Waals surface area contributed by atoms with Crippen molar-refractivity contribution in [3.63, 3.8) is 0 Å². The Labute approximate surface area is 119 Å². The fourth-order valence-corrected chi connectivity index (χ4v) is 2.86. The highest BCUT2D eigenvalue weighted by Crippen LogP contribution is 2.35. The molecule has 1 aliphatic carbocycles. The lowest BCUT2D eigenvalue weighted by Gasteiger charge is -2.39. The van der Waals surface area contributed by atoms with Gasteiger partial charge in [0.25, 0.3) is 5.91 Å². The van der Waals surface area contributed by atoms with Crippen LogP contribution in [0.2, 0.25) is 5.02 Å². The molecule has 0 aliphatic heterocycles. The predicted molar refractivity (Wildman–Crippen MR) is 76.6 cm³/mol. The molecule has 3 nitrogen and oxygen atoms in total. The van der Waals surface area contributed by atoms with Crippen molar-refractivity contribution in [3.8, 4) is 5.75 Å². The van der Waals surface area contributed by atoms with Crippen LogP contribution >= 0.6 is 11.6 Å². The van der Waals surface area contributed by atoms with Gasteiger partial charge >= 0.3 is 0 Å². The standard InChI is InChI=1S/C15H20ClNO2/c1-15(2)8-4-3-5-13(15)17-14(19)11-7-6-10(16)9-12(11)18/h6-7,9,13,18H,3-5,8H2,1-2H3,(H,17,19). The normalized spacial score (nSPS) is 21.9. The van der Waals surface area contributed by atoms with Gasteiger partial charge in [-0.3, -0.25) is 4.79 Å². The van der Waals surface area contributed by atoms with Crippen molar-refractivity contribution in [2.24, 2.45) is 5.41 Å². The van der Waals surface area contributed by atoms with Crippen molar-refractivity contribution in [1.29, 1.82) is 0 Å². The summed E-state index contributed by atoms with van der Waals surface area (Å²) in [5.41, 5.74) is 0.390. The third-order valence-electron chi connectivity index (χ3n) is 4.02. The Kier molecular flexibility index (Phi) is 4.04. The van der Waals surface area contributed by atoms with Crippen molar-refractivity contribution in [1.82, 2.24) is 5.32 Å². The average Bonchev–Trinajstić information content (AvgIpc) is 2.31. The number of nitrogens with one attached hydrogen (secondary N) is 1. The molecule has 0 saturated heterocycles. The van der Waals surface area contributed by atoms with E-state index in [1.54, 1.807) is 12.1 Å². The van der Waals surface area contributed by atoms with Crippen LogP contribution in [0, 0.1) is 5.41 Å². The first kappa shape index (κ1) is 14.2. The molecule has 1 atom stereocenters. The molecule has 1 saturated carbocycles. The Hall–Kier alpha value is -1.22. The fourth-order valence-electron chi connectivity index (χ4n) is 2.69. The number of rotatable bonds is 2. The van der Waals surface area contributed by atoms with E-state index < -0.39 is 0 Å². The fraction of sp³-hybridized carbons (Fsp3) is 0.533. The summed E-state index contributed by atoms with van der Waals surface area (Å²) >= 11 is 5.77. The molecule has 0 spiro atoms. The molecule has 1 unspecified atom stereocenters. The van der Waals surface area contributed by atoms with Gasteiger partial charge in [-0.1, -0.05) is 38.3 Å². The second kappa shape index (κ2) is 5.41. The third kappa shape index (κ3) is 3.21. The number of phenolic OH excluding ortho intramolecular Hbond substituents is 1. The minimum Gasteiger partial charge on any atom is -0.507 e. The van der Waals surface area contributed by atoms with E-state index in [0.717, 1.165) is 19.3 Å². The van der Waals surface area contributed by atoms with Gasteiger partial charge in [0.05, 0.1) is 5.56 Å². The van der Waals surface area contributed by atoms with Gasteiger partial charge in [0.15, 0.2) is 0 Å². The zero-order valence-electron chi connectivity index (χ0n) is 11.4. The molecule has 0 aromatic heterocycles. The van der Waals surface area contributed by atoms with Crippen LogP contribution in [0.1, 0.15) is 49.9 Å². The number of aromatic hydroxyl groups is 1. The number of amides is 1. The highest BCUT2D eigenvalue weighted by atomic mass is 35.5. The van der Waals surface area contributed by atoms with Crippen molar-refractivity contribution in [3.05, 3.63) is 28.8 Å². The predicted octanol–water partition coefficient (Wildman–Crippen LogP) is 3.74. The van der Waals surface area contributed by atoms with Gasteiger partial charge in [-0.15, -0.1) is 0 Å². The SMILES string of the molecule is CC1(C)CCCCC1NC(=O)c1ccc(Cl)cc1O. The van der Waals surface area contributed by atoms with Crippen LogP contribution in [0.15, 0.2) is 18.2 Å². The molecule has 1 aromatic rings. The largest absolute Gasteiger partial charge is 0.507 e. The van der Waals surface area contributed by atoms with E-state index >= 15 is 0 Å². The Morgan fingerprint density at radius 1 is 1.42 bits per heavy atom. The lowest BCUT2D eigenvalue weighted by molar-refractivity contribution is 0.0851. The molecule has 1 amide bonds. The van der Waals surface area contributed by atoms with E-state index in [0.29, 0.717) is 5.02 Å². The summed E-state index contributed by atoms with van der Waals surface area (Å²) < 4.78 is 0. The summed E-state index contributed by atoms with van der Waals surface area (Å²) in [5, 5.41) is 13.2. The molecule has 0 radical (unpaired) electrons. The quantitative estimate of drug-likeness (QED) is 0.867. The lowest BCUT2D eigenvalue weighted by Crippen LogP contribution is -2.46. The Morgan fingerprint density at radius 3 is 2.79 bits per heavy atom. The summed E-state index contributed by atoms with van der Waals surface area (Å²) in [7, 11) is 0. The van der Waals surface area contributed by atoms with E-state index in [2.05, 4.69) is 19.2 Å². The number of hydrogen-bond acceptors (Lipinski definition) is 2. The molecule has 1 aromatic carbocycles. The number of hydrogen-bond donors (Lipinski definition) is 2. The van der Waals surface area contributed by atoms with E-state index in [1.807, 2.05) is 0 Å². The van der Waals surface area contributed by atoms with Crippen LogP contribution in [0.25, 0.3) is 0 Å². The van der Waals surface area contributed by atoms with E-state index in [1.165, 1.54) is 12.5 Å². The molecular weight excluding hydrogens is 262 g/mol. The maximum atomic E-state index is 12.2. The second-order valence-corrected chi connectivity index (χ2v) is 6.36. The first-order chi connectivity index (χ1) is 8.90. The molecule has 104 valence electrons. The van der Waals surface area contributed by atoms with Crippen LogP contribution in [-0.4, -0.2) is 17.1 Å². The van der Waals surface area contributed by atoms with Gasteiger partial charge in [0.2, 0.25) is 0 Å². The summed E-state index contributed by atoms with van der Waals surface area (Å²) in [4.78, 5) is 12.2. The van der Waals surface area contributed by atoms with Crippen molar-refractivity contribution in [2.45, 2.75) is 45.6 Å². The minimum atomic E-state index is -0.228. The monoisotopic (exact) mass is 281 g/mol. The van der Waals surface area contributed by atoms with Crippen LogP contribution < -0.4 is 5.32 Å². The van der Waals surface area contributed by atoms with Crippen LogP contribution in [0.3, 0.4) is 0 Å². The molecule has 2 rings (SSSR count). The van der Waals surface area contributed by atoms with Gasteiger partial charge in [0.1, 0.15) is 5.75 Å². The second-order valence-electron chi connectivity index (χ2n) is 5.92. The minimum absolute atomic E-state index is 0.0707. The molecule has 19 heavy (non-hydrogen) atoms. The first-order valence-electron chi connectivity index (χ1n) is 6.69. The van der Waals surface area contributed by atoms with Crippen LogP contribution in [-0.2, 0) is 0 Å². The molecular formula is C15H20ClNO2. The van der Waals surface area contributed by atoms with Gasteiger partial charge in [0, 0.05) is 11.1 Å². The summed E-state index contributed by atoms with van der Waals surface area (Å²) in [6, 6.07) is 4.72. The maximum Gasteiger partial charge on any atom is 0.255 e. The maximum absolute atomic E-state index is 12.2. The van der Waals surface area contributed by atoms with Gasteiger partial charge < -0.3 is 10.4 Å². The third-order valence-corrected chi connectivity index (χ3v) is 4.25. The molecule has 0 heterocycles. The first-order valence-corrected chi connectivity index (χ1v) is 7.07. The molecule has 2 N–H and O–H groups in total. The van der Waals surface area contributed by atoms with Gasteiger partial charge in [-0.25, -0.2) is 0 Å². The zero-order chi connectivity index (χ0) is 14.0. The molecule has 1 aliphatic rings. The average molecular weight is 282 g/mol. The zero-order valence-corrected chi connectivity index (χ0v) is 12.1. The van der Waals surface area contributed by atoms with Gasteiger partial charge in [-0.2, -0.15) is 0 Å². The van der Waals surface area contributed by atoms with Crippen LogP contribution in [0.5, 0.6) is 5.75 Å². The summed E-state index contributed by atoms with van der Waals surface area (Å²) in [6.07, 6.45) is 4.46. The smallest absolute Gasteiger partial charge is 0.255 e. The topological polar surface area (TPSA) is 49.3 Å². The van der Waals surface area contributed by atoms with E-state index in [-0.39, 0.29) is 28.7 Å². The highest BCUT2D eigenvalue weighted by Gasteiger charge is 2.33.